The standard InChI is InChI=1S/C13H27NO/c1-6-9-14(13(4)7-2)10-8-12(3)11-15-5/h7,12-13H,2,6,8-11H2,1,3-5H3. The zero-order valence-corrected chi connectivity index (χ0v) is 10.8. The maximum atomic E-state index is 5.14. The molecule has 0 saturated heterocycles. The van der Waals surface area contributed by atoms with Crippen LogP contribution in [0.1, 0.15) is 33.6 Å². The summed E-state index contributed by atoms with van der Waals surface area (Å²) in [5, 5.41) is 0. The highest BCUT2D eigenvalue weighted by Crippen LogP contribution is 2.08. The lowest BCUT2D eigenvalue weighted by Crippen LogP contribution is -2.34. The van der Waals surface area contributed by atoms with Gasteiger partial charge in [-0.25, -0.2) is 0 Å². The summed E-state index contributed by atoms with van der Waals surface area (Å²) in [6, 6.07) is 0.486. The second-order valence-corrected chi connectivity index (χ2v) is 4.36. The van der Waals surface area contributed by atoms with Crippen LogP contribution in [-0.2, 0) is 4.74 Å². The molecule has 0 fully saturated rings. The minimum absolute atomic E-state index is 0.486. The van der Waals surface area contributed by atoms with E-state index in [0.717, 1.165) is 19.7 Å². The van der Waals surface area contributed by atoms with Crippen LogP contribution in [0.3, 0.4) is 0 Å². The van der Waals surface area contributed by atoms with Gasteiger partial charge in [0.1, 0.15) is 0 Å². The molecule has 0 aliphatic carbocycles. The van der Waals surface area contributed by atoms with E-state index >= 15 is 0 Å². The molecule has 0 heterocycles. The van der Waals surface area contributed by atoms with Crippen molar-refractivity contribution in [1.82, 2.24) is 4.90 Å². The summed E-state index contributed by atoms with van der Waals surface area (Å²) in [7, 11) is 1.77. The molecule has 2 atom stereocenters. The molecule has 0 amide bonds. The molecule has 90 valence electrons. The molecular formula is C13H27NO. The van der Waals surface area contributed by atoms with Crippen molar-refractivity contribution in [3.05, 3.63) is 12.7 Å². The van der Waals surface area contributed by atoms with E-state index in [1.165, 1.54) is 12.8 Å². The van der Waals surface area contributed by atoms with E-state index in [4.69, 9.17) is 4.74 Å². The van der Waals surface area contributed by atoms with Crippen LogP contribution < -0.4 is 0 Å². The van der Waals surface area contributed by atoms with Crippen LogP contribution in [0, 0.1) is 5.92 Å². The van der Waals surface area contributed by atoms with Crippen molar-refractivity contribution in [2.45, 2.75) is 39.7 Å². The molecule has 0 rings (SSSR count). The number of methoxy groups -OCH3 is 1. The zero-order valence-electron chi connectivity index (χ0n) is 10.8. The smallest absolute Gasteiger partial charge is 0.0488 e. The summed E-state index contributed by atoms with van der Waals surface area (Å²) in [5.74, 6) is 0.645. The SMILES string of the molecule is C=CC(C)N(CCC)CCC(C)COC. The molecule has 0 N–H and O–H groups in total. The van der Waals surface area contributed by atoms with Crippen molar-refractivity contribution in [2.75, 3.05) is 26.8 Å². The Hall–Kier alpha value is -0.340. The van der Waals surface area contributed by atoms with Crippen molar-refractivity contribution in [2.24, 2.45) is 5.92 Å². The summed E-state index contributed by atoms with van der Waals surface area (Å²) in [6.45, 7) is 13.7. The van der Waals surface area contributed by atoms with Crippen molar-refractivity contribution < 1.29 is 4.74 Å². The van der Waals surface area contributed by atoms with Crippen molar-refractivity contribution >= 4 is 0 Å². The fourth-order valence-electron chi connectivity index (χ4n) is 1.71. The Morgan fingerprint density at radius 3 is 2.47 bits per heavy atom. The summed E-state index contributed by atoms with van der Waals surface area (Å²) in [5.41, 5.74) is 0. The Bertz CT molecular complexity index is 159. The maximum absolute atomic E-state index is 5.14. The Balaban J connectivity index is 3.89. The predicted octanol–water partition coefficient (Wildman–Crippen LogP) is 2.95. The Morgan fingerprint density at radius 2 is 2.00 bits per heavy atom. The lowest BCUT2D eigenvalue weighted by Gasteiger charge is -2.27. The third kappa shape index (κ3) is 6.69. The topological polar surface area (TPSA) is 12.5 Å². The van der Waals surface area contributed by atoms with E-state index in [0.29, 0.717) is 12.0 Å². The zero-order chi connectivity index (χ0) is 11.7. The van der Waals surface area contributed by atoms with Gasteiger partial charge < -0.3 is 4.74 Å². The summed E-state index contributed by atoms with van der Waals surface area (Å²) in [4.78, 5) is 2.49. The Labute approximate surface area is 95.3 Å². The molecule has 0 aliphatic heterocycles. The molecular weight excluding hydrogens is 186 g/mol. The molecule has 0 aromatic carbocycles. The number of rotatable bonds is 9. The molecule has 0 bridgehead atoms. The monoisotopic (exact) mass is 213 g/mol. The normalized spacial score (nSPS) is 15.3. The van der Waals surface area contributed by atoms with Crippen LogP contribution in [0.15, 0.2) is 12.7 Å². The first-order valence-electron chi connectivity index (χ1n) is 6.01. The van der Waals surface area contributed by atoms with Gasteiger partial charge >= 0.3 is 0 Å². The Morgan fingerprint density at radius 1 is 1.33 bits per heavy atom. The van der Waals surface area contributed by atoms with E-state index in [-0.39, 0.29) is 0 Å². The number of hydrogen-bond acceptors (Lipinski definition) is 2. The first kappa shape index (κ1) is 14.7. The molecule has 0 aromatic rings. The minimum Gasteiger partial charge on any atom is -0.384 e. The van der Waals surface area contributed by atoms with E-state index in [1.54, 1.807) is 7.11 Å². The quantitative estimate of drug-likeness (QED) is 0.546. The largest absolute Gasteiger partial charge is 0.384 e. The van der Waals surface area contributed by atoms with Crippen LogP contribution in [0.25, 0.3) is 0 Å². The molecule has 0 aliphatic rings. The number of nitrogens with zero attached hydrogens (tertiary/aromatic N) is 1. The molecule has 2 nitrogen and oxygen atoms in total. The van der Waals surface area contributed by atoms with E-state index in [1.807, 2.05) is 6.08 Å². The van der Waals surface area contributed by atoms with Crippen LogP contribution in [0.2, 0.25) is 0 Å². The fraction of sp³-hybridized carbons (Fsp3) is 0.846. The third-order valence-corrected chi connectivity index (χ3v) is 2.79. The van der Waals surface area contributed by atoms with Crippen LogP contribution >= 0.6 is 0 Å². The minimum atomic E-state index is 0.486. The van der Waals surface area contributed by atoms with Crippen molar-refractivity contribution in [3.63, 3.8) is 0 Å². The molecule has 0 saturated carbocycles. The molecule has 15 heavy (non-hydrogen) atoms. The first-order chi connectivity index (χ1) is 7.15. The average molecular weight is 213 g/mol. The highest BCUT2D eigenvalue weighted by Gasteiger charge is 2.11. The van der Waals surface area contributed by atoms with Crippen LogP contribution in [-0.4, -0.2) is 37.7 Å². The van der Waals surface area contributed by atoms with Gasteiger partial charge in [-0.05, 0) is 38.8 Å². The second kappa shape index (κ2) is 8.93. The van der Waals surface area contributed by atoms with Gasteiger partial charge in [0, 0.05) is 19.8 Å². The lowest BCUT2D eigenvalue weighted by molar-refractivity contribution is 0.141. The fourth-order valence-corrected chi connectivity index (χ4v) is 1.71. The van der Waals surface area contributed by atoms with Gasteiger partial charge in [-0.1, -0.05) is 19.9 Å². The third-order valence-electron chi connectivity index (χ3n) is 2.79. The van der Waals surface area contributed by atoms with Gasteiger partial charge in [-0.2, -0.15) is 0 Å². The van der Waals surface area contributed by atoms with Gasteiger partial charge in [0.15, 0.2) is 0 Å². The lowest BCUT2D eigenvalue weighted by atomic mass is 10.1. The maximum Gasteiger partial charge on any atom is 0.0488 e. The van der Waals surface area contributed by atoms with Crippen LogP contribution in [0.4, 0.5) is 0 Å². The Kier molecular flexibility index (Phi) is 8.73. The van der Waals surface area contributed by atoms with Crippen LogP contribution in [0.5, 0.6) is 0 Å². The van der Waals surface area contributed by atoms with Gasteiger partial charge in [0.2, 0.25) is 0 Å². The number of ether oxygens (including phenoxy) is 1. The van der Waals surface area contributed by atoms with E-state index in [2.05, 4.69) is 32.3 Å². The molecule has 0 aromatic heterocycles. The molecule has 0 spiro atoms. The summed E-state index contributed by atoms with van der Waals surface area (Å²) < 4.78 is 5.14. The summed E-state index contributed by atoms with van der Waals surface area (Å²) >= 11 is 0. The van der Waals surface area contributed by atoms with Gasteiger partial charge in [-0.3, -0.25) is 4.90 Å². The molecule has 0 radical (unpaired) electrons. The van der Waals surface area contributed by atoms with Gasteiger partial charge in [0.25, 0.3) is 0 Å². The van der Waals surface area contributed by atoms with Gasteiger partial charge in [0.05, 0.1) is 0 Å². The van der Waals surface area contributed by atoms with Gasteiger partial charge in [-0.15, -0.1) is 6.58 Å². The highest BCUT2D eigenvalue weighted by atomic mass is 16.5. The van der Waals surface area contributed by atoms with Crippen molar-refractivity contribution in [1.29, 1.82) is 0 Å². The predicted molar refractivity (Wildman–Crippen MR) is 67.2 cm³/mol. The van der Waals surface area contributed by atoms with Crippen molar-refractivity contribution in [3.8, 4) is 0 Å². The highest BCUT2D eigenvalue weighted by molar-refractivity contribution is 4.84. The van der Waals surface area contributed by atoms with E-state index < -0.39 is 0 Å². The number of hydrogen-bond donors (Lipinski definition) is 0. The summed E-state index contributed by atoms with van der Waals surface area (Å²) in [6.07, 6.45) is 4.43. The second-order valence-electron chi connectivity index (χ2n) is 4.36. The van der Waals surface area contributed by atoms with E-state index in [9.17, 15) is 0 Å². The first-order valence-corrected chi connectivity index (χ1v) is 6.01. The molecule has 2 heteroatoms. The molecule has 2 unspecified atom stereocenters. The average Bonchev–Trinajstić information content (AvgIpc) is 2.23.